The van der Waals surface area contributed by atoms with Gasteiger partial charge in [0.1, 0.15) is 0 Å². The maximum Gasteiger partial charge on any atom is 0.255 e. The quantitative estimate of drug-likeness (QED) is 0.778. The smallest absolute Gasteiger partial charge is 0.255 e. The third kappa shape index (κ3) is 3.14. The van der Waals surface area contributed by atoms with E-state index in [0.29, 0.717) is 16.3 Å². The molecule has 0 saturated carbocycles. The monoisotopic (exact) mass is 352 g/mol. The highest BCUT2D eigenvalue weighted by Gasteiger charge is 2.09. The Bertz CT molecular complexity index is 663. The van der Waals surface area contributed by atoms with Crippen LogP contribution >= 0.6 is 27.5 Å². The number of rotatable bonds is 2. The molecule has 3 nitrogen and oxygen atoms in total. The Morgan fingerprint density at radius 3 is 2.35 bits per heavy atom. The highest BCUT2D eigenvalue weighted by Crippen LogP contribution is 2.26. The molecule has 0 aliphatic carbocycles. The lowest BCUT2D eigenvalue weighted by atomic mass is 10.1. The summed E-state index contributed by atoms with van der Waals surface area (Å²) in [6.07, 6.45) is 0. The van der Waals surface area contributed by atoms with Gasteiger partial charge in [0.2, 0.25) is 0 Å². The number of hydrogen-bond acceptors (Lipinski definition) is 2. The van der Waals surface area contributed by atoms with Crippen LogP contribution in [0.5, 0.6) is 0 Å². The highest BCUT2D eigenvalue weighted by molar-refractivity contribution is 9.10. The summed E-state index contributed by atoms with van der Waals surface area (Å²) < 4.78 is 1.05. The van der Waals surface area contributed by atoms with E-state index in [1.807, 2.05) is 26.0 Å². The molecule has 0 aliphatic rings. The minimum atomic E-state index is -0.215. The van der Waals surface area contributed by atoms with Crippen LogP contribution in [0.25, 0.3) is 0 Å². The lowest BCUT2D eigenvalue weighted by Gasteiger charge is -2.10. The van der Waals surface area contributed by atoms with Crippen LogP contribution in [0.1, 0.15) is 21.5 Å². The van der Waals surface area contributed by atoms with Crippen molar-refractivity contribution in [2.24, 2.45) is 0 Å². The van der Waals surface area contributed by atoms with E-state index in [1.54, 1.807) is 18.2 Å². The van der Waals surface area contributed by atoms with Crippen LogP contribution in [0, 0.1) is 13.8 Å². The average molecular weight is 354 g/mol. The van der Waals surface area contributed by atoms with E-state index in [-0.39, 0.29) is 5.91 Å². The van der Waals surface area contributed by atoms with E-state index < -0.39 is 0 Å². The topological polar surface area (TPSA) is 55.1 Å². The number of amides is 1. The van der Waals surface area contributed by atoms with Gasteiger partial charge < -0.3 is 11.1 Å². The summed E-state index contributed by atoms with van der Waals surface area (Å²) in [5.41, 5.74) is 9.44. The van der Waals surface area contributed by atoms with Crippen molar-refractivity contribution < 1.29 is 4.79 Å². The fourth-order valence-corrected chi connectivity index (χ4v) is 2.30. The van der Waals surface area contributed by atoms with Crippen molar-refractivity contribution in [2.45, 2.75) is 13.8 Å². The van der Waals surface area contributed by atoms with E-state index in [4.69, 9.17) is 17.3 Å². The molecule has 0 unspecified atom stereocenters. The Morgan fingerprint density at radius 1 is 1.20 bits per heavy atom. The lowest BCUT2D eigenvalue weighted by molar-refractivity contribution is 0.102. The van der Waals surface area contributed by atoms with Gasteiger partial charge in [-0.15, -0.1) is 0 Å². The first-order chi connectivity index (χ1) is 9.38. The Hall–Kier alpha value is -1.52. The van der Waals surface area contributed by atoms with Crippen molar-refractivity contribution in [1.82, 2.24) is 0 Å². The predicted octanol–water partition coefficient (Wildman–Crippen LogP) is 4.55. The maximum atomic E-state index is 12.2. The van der Waals surface area contributed by atoms with Crippen molar-refractivity contribution in [2.75, 3.05) is 11.1 Å². The first-order valence-electron chi connectivity index (χ1n) is 6.01. The van der Waals surface area contributed by atoms with E-state index in [1.165, 1.54) is 0 Å². The number of nitrogens with one attached hydrogen (secondary N) is 1. The SMILES string of the molecule is Cc1cc(NC(=O)c2ccc(N)c(Cl)c2)cc(C)c1Br. The molecule has 0 spiro atoms. The number of anilines is 2. The van der Waals surface area contributed by atoms with E-state index in [9.17, 15) is 4.79 Å². The lowest BCUT2D eigenvalue weighted by Crippen LogP contribution is -2.12. The van der Waals surface area contributed by atoms with E-state index >= 15 is 0 Å². The molecule has 1 amide bonds. The van der Waals surface area contributed by atoms with Gasteiger partial charge in [-0.2, -0.15) is 0 Å². The Kier molecular flexibility index (Phi) is 4.35. The van der Waals surface area contributed by atoms with Crippen LogP contribution in [-0.4, -0.2) is 5.91 Å². The van der Waals surface area contributed by atoms with Crippen LogP contribution in [0.2, 0.25) is 5.02 Å². The molecule has 5 heteroatoms. The van der Waals surface area contributed by atoms with Crippen molar-refractivity contribution in [3.8, 4) is 0 Å². The highest BCUT2D eigenvalue weighted by atomic mass is 79.9. The third-order valence-corrected chi connectivity index (χ3v) is 4.54. The molecule has 0 heterocycles. The van der Waals surface area contributed by atoms with Crippen molar-refractivity contribution in [1.29, 1.82) is 0 Å². The van der Waals surface area contributed by atoms with E-state index in [2.05, 4.69) is 21.2 Å². The number of halogens is 2. The van der Waals surface area contributed by atoms with Crippen LogP contribution in [0.3, 0.4) is 0 Å². The van der Waals surface area contributed by atoms with Gasteiger partial charge >= 0.3 is 0 Å². The van der Waals surface area contributed by atoms with Crippen molar-refractivity contribution in [3.05, 3.63) is 56.5 Å². The molecule has 2 aromatic carbocycles. The molecule has 2 aromatic rings. The third-order valence-electron chi connectivity index (χ3n) is 2.96. The molecule has 0 radical (unpaired) electrons. The van der Waals surface area contributed by atoms with Gasteiger partial charge in [0, 0.05) is 15.7 Å². The molecule has 104 valence electrons. The van der Waals surface area contributed by atoms with Crippen LogP contribution in [0.15, 0.2) is 34.8 Å². The van der Waals surface area contributed by atoms with Gasteiger partial charge in [-0.1, -0.05) is 27.5 Å². The average Bonchev–Trinajstić information content (AvgIpc) is 2.39. The molecular formula is C15H14BrClN2O. The summed E-state index contributed by atoms with van der Waals surface area (Å²) in [4.78, 5) is 12.2. The minimum absolute atomic E-state index is 0.215. The summed E-state index contributed by atoms with van der Waals surface area (Å²) in [7, 11) is 0. The number of carbonyl (C=O) groups is 1. The second-order valence-corrected chi connectivity index (χ2v) is 5.81. The zero-order valence-electron chi connectivity index (χ0n) is 11.1. The normalized spacial score (nSPS) is 10.4. The molecule has 0 bridgehead atoms. The van der Waals surface area contributed by atoms with Crippen LogP contribution in [0.4, 0.5) is 11.4 Å². The number of nitrogens with two attached hydrogens (primary N) is 1. The summed E-state index contributed by atoms with van der Waals surface area (Å²) >= 11 is 9.42. The van der Waals surface area contributed by atoms with Gasteiger partial charge in [0.15, 0.2) is 0 Å². The molecular weight excluding hydrogens is 340 g/mol. The number of aryl methyl sites for hydroxylation is 2. The fourth-order valence-electron chi connectivity index (χ4n) is 1.89. The second kappa shape index (κ2) is 5.85. The Balaban J connectivity index is 2.25. The molecule has 0 aromatic heterocycles. The van der Waals surface area contributed by atoms with Crippen LogP contribution < -0.4 is 11.1 Å². The van der Waals surface area contributed by atoms with Gasteiger partial charge in [0.25, 0.3) is 5.91 Å². The first-order valence-corrected chi connectivity index (χ1v) is 7.18. The Morgan fingerprint density at radius 2 is 1.80 bits per heavy atom. The van der Waals surface area contributed by atoms with Gasteiger partial charge in [-0.25, -0.2) is 0 Å². The molecule has 0 fully saturated rings. The number of carbonyl (C=O) groups excluding carboxylic acids is 1. The Labute approximate surface area is 131 Å². The summed E-state index contributed by atoms with van der Waals surface area (Å²) in [5.74, 6) is -0.215. The van der Waals surface area contributed by atoms with E-state index in [0.717, 1.165) is 21.3 Å². The molecule has 0 aliphatic heterocycles. The van der Waals surface area contributed by atoms with Gasteiger partial charge in [-0.05, 0) is 55.3 Å². The second-order valence-electron chi connectivity index (χ2n) is 4.61. The fraction of sp³-hybridized carbons (Fsp3) is 0.133. The molecule has 20 heavy (non-hydrogen) atoms. The van der Waals surface area contributed by atoms with Crippen LogP contribution in [-0.2, 0) is 0 Å². The zero-order chi connectivity index (χ0) is 14.9. The first kappa shape index (κ1) is 14.9. The predicted molar refractivity (Wildman–Crippen MR) is 87.4 cm³/mol. The maximum absolute atomic E-state index is 12.2. The minimum Gasteiger partial charge on any atom is -0.398 e. The number of nitrogen functional groups attached to an aromatic ring is 1. The summed E-state index contributed by atoms with van der Waals surface area (Å²) in [6.45, 7) is 3.96. The number of benzene rings is 2. The van der Waals surface area contributed by atoms with Gasteiger partial charge in [0.05, 0.1) is 10.7 Å². The number of hydrogen-bond donors (Lipinski definition) is 2. The zero-order valence-corrected chi connectivity index (χ0v) is 13.5. The summed E-state index contributed by atoms with van der Waals surface area (Å²) in [6, 6.07) is 8.65. The molecule has 0 saturated heterocycles. The van der Waals surface area contributed by atoms with Crippen molar-refractivity contribution in [3.63, 3.8) is 0 Å². The standard InChI is InChI=1S/C15H14BrClN2O/c1-8-5-11(6-9(2)14(8)16)19-15(20)10-3-4-13(18)12(17)7-10/h3-7H,18H2,1-2H3,(H,19,20). The van der Waals surface area contributed by atoms with Gasteiger partial charge in [-0.3, -0.25) is 4.79 Å². The van der Waals surface area contributed by atoms with Crippen molar-refractivity contribution >= 4 is 44.8 Å². The molecule has 3 N–H and O–H groups in total. The molecule has 2 rings (SSSR count). The molecule has 0 atom stereocenters. The largest absolute Gasteiger partial charge is 0.398 e. The summed E-state index contributed by atoms with van der Waals surface area (Å²) in [5, 5.41) is 3.23.